The zero-order chi connectivity index (χ0) is 54.8. The van der Waals surface area contributed by atoms with E-state index in [0.717, 1.165) is 77.0 Å². The van der Waals surface area contributed by atoms with Crippen LogP contribution < -0.4 is 5.11 Å². The molecular formula is C66H119NO8. The first-order valence-corrected chi connectivity index (χ1v) is 31.4. The zero-order valence-corrected chi connectivity index (χ0v) is 49.7. The highest BCUT2D eigenvalue weighted by atomic mass is 16.7. The molecule has 0 aliphatic heterocycles. The Labute approximate surface area is 463 Å². The van der Waals surface area contributed by atoms with Crippen molar-refractivity contribution in [1.29, 1.82) is 0 Å². The molecule has 2 atom stereocenters. The normalized spacial score (nSPS) is 13.1. The molecule has 0 fully saturated rings. The summed E-state index contributed by atoms with van der Waals surface area (Å²) in [5, 5.41) is 11.8. The molecule has 0 aromatic carbocycles. The minimum absolute atomic E-state index is 0.146. The highest BCUT2D eigenvalue weighted by Gasteiger charge is 2.22. The van der Waals surface area contributed by atoms with Gasteiger partial charge in [-0.1, -0.05) is 274 Å². The van der Waals surface area contributed by atoms with Gasteiger partial charge in [0, 0.05) is 12.8 Å². The average Bonchev–Trinajstić information content (AvgIpc) is 3.38. The van der Waals surface area contributed by atoms with Gasteiger partial charge < -0.3 is 33.3 Å². The van der Waals surface area contributed by atoms with Crippen molar-refractivity contribution in [3.8, 4) is 0 Å². The predicted molar refractivity (Wildman–Crippen MR) is 315 cm³/mol. The molecule has 0 aromatic rings. The number of carboxylic acid groups (broad SMARTS) is 1. The molecule has 75 heavy (non-hydrogen) atoms. The Morgan fingerprint density at radius 2 is 0.760 bits per heavy atom. The maximum absolute atomic E-state index is 12.9. The van der Waals surface area contributed by atoms with E-state index in [9.17, 15) is 19.5 Å². The minimum atomic E-state index is -1.62. The number of hydrogen-bond donors (Lipinski definition) is 0. The monoisotopic (exact) mass is 1050 g/mol. The molecule has 0 saturated carbocycles. The van der Waals surface area contributed by atoms with Gasteiger partial charge in [-0.3, -0.25) is 9.59 Å². The molecular weight excluding hydrogens is 935 g/mol. The van der Waals surface area contributed by atoms with E-state index in [1.807, 2.05) is 21.1 Å². The molecule has 2 unspecified atom stereocenters. The smallest absolute Gasteiger partial charge is 0.306 e. The van der Waals surface area contributed by atoms with Crippen LogP contribution in [-0.2, 0) is 33.3 Å². The Hall–Kier alpha value is -3.01. The molecule has 0 aliphatic rings. The van der Waals surface area contributed by atoms with Gasteiger partial charge in [0.25, 0.3) is 0 Å². The Balaban J connectivity index is 4.19. The maximum Gasteiger partial charge on any atom is 0.306 e. The van der Waals surface area contributed by atoms with Gasteiger partial charge in [0.05, 0.1) is 40.3 Å². The number of carboxylic acids is 1. The molecule has 0 amide bonds. The molecule has 0 saturated heterocycles. The number of unbranched alkanes of at least 4 members (excludes halogenated alkanes) is 33. The molecule has 0 aromatic heterocycles. The second-order valence-corrected chi connectivity index (χ2v) is 22.3. The number of likely N-dealkylation sites (N-methyl/N-ethyl adjacent to an activating group) is 1. The van der Waals surface area contributed by atoms with Crippen LogP contribution in [0.2, 0.25) is 0 Å². The van der Waals surface area contributed by atoms with E-state index in [1.165, 1.54) is 173 Å². The summed E-state index contributed by atoms with van der Waals surface area (Å²) in [6, 6.07) is 0. The first kappa shape index (κ1) is 72.0. The van der Waals surface area contributed by atoms with Crippen molar-refractivity contribution in [3.05, 3.63) is 60.8 Å². The Morgan fingerprint density at radius 3 is 1.13 bits per heavy atom. The molecule has 9 heteroatoms. The van der Waals surface area contributed by atoms with Crippen LogP contribution in [0, 0.1) is 0 Å². The van der Waals surface area contributed by atoms with Gasteiger partial charge in [-0.25, -0.2) is 0 Å². The minimum Gasteiger partial charge on any atom is -0.545 e. The lowest BCUT2D eigenvalue weighted by Crippen LogP contribution is -2.44. The van der Waals surface area contributed by atoms with Crippen molar-refractivity contribution < 1.29 is 42.9 Å². The SMILES string of the molecule is CC/C=C\C/C=C\C/C=C\C/C=C\C/C=C\CCCCCCCCCCCC(=O)OC(COC(=O)CCCCCCCCCCCCCCCCCCCCCCCCCCC)COC(OCC[N+](C)(C)C)C(=O)[O-]. The number of quaternary nitrogens is 1. The fourth-order valence-electron chi connectivity index (χ4n) is 8.98. The summed E-state index contributed by atoms with van der Waals surface area (Å²) >= 11 is 0. The molecule has 0 bridgehead atoms. The summed E-state index contributed by atoms with van der Waals surface area (Å²) in [7, 11) is 5.93. The van der Waals surface area contributed by atoms with Crippen LogP contribution >= 0.6 is 0 Å². The summed E-state index contributed by atoms with van der Waals surface area (Å²) in [6.07, 6.45) is 69.9. The molecule has 436 valence electrons. The van der Waals surface area contributed by atoms with Crippen molar-refractivity contribution >= 4 is 17.9 Å². The van der Waals surface area contributed by atoms with Gasteiger partial charge >= 0.3 is 11.9 Å². The lowest BCUT2D eigenvalue weighted by atomic mass is 10.0. The van der Waals surface area contributed by atoms with E-state index in [4.69, 9.17) is 18.9 Å². The number of rotatable bonds is 58. The molecule has 9 nitrogen and oxygen atoms in total. The number of hydrogen-bond acceptors (Lipinski definition) is 8. The quantitative estimate of drug-likeness (QED) is 0.0195. The van der Waals surface area contributed by atoms with Gasteiger partial charge in [-0.2, -0.15) is 0 Å². The molecule has 0 rings (SSSR count). The summed E-state index contributed by atoms with van der Waals surface area (Å²) in [5.74, 6) is -2.28. The first-order chi connectivity index (χ1) is 36.6. The number of nitrogens with zero attached hydrogens (tertiary/aromatic N) is 1. The Bertz CT molecular complexity index is 1410. The molecule has 0 radical (unpaired) electrons. The van der Waals surface area contributed by atoms with Crippen LogP contribution in [0.3, 0.4) is 0 Å². The summed E-state index contributed by atoms with van der Waals surface area (Å²) in [4.78, 5) is 37.4. The number of carbonyl (C=O) groups excluding carboxylic acids is 3. The van der Waals surface area contributed by atoms with Crippen LogP contribution in [0.5, 0.6) is 0 Å². The third-order valence-electron chi connectivity index (χ3n) is 13.8. The first-order valence-electron chi connectivity index (χ1n) is 31.4. The summed E-state index contributed by atoms with van der Waals surface area (Å²) < 4.78 is 22.8. The zero-order valence-electron chi connectivity index (χ0n) is 49.7. The standard InChI is InChI=1S/C66H119NO8/c1-6-8-10-12-14-16-18-20-22-24-26-28-30-32-34-36-38-40-42-44-46-48-50-52-54-56-63(68)73-60-62(61-74-66(65(70)71)72-59-58-67(3,4)5)75-64(69)57-55-53-51-49-47-45-43-41-39-37-35-33-31-29-27-25-23-21-19-17-15-13-11-9-7-2/h9,11,15,17,21,23,27,29,33,35,62,66H,6-8,10,12-14,16,18-20,22,24-26,28,30-32,34,36-61H2,1-5H3/b11-9-,17-15-,23-21-,29-27-,35-33-. The Kier molecular flexibility index (Phi) is 54.9. The van der Waals surface area contributed by atoms with E-state index < -0.39 is 24.3 Å². The third kappa shape index (κ3) is 58.5. The lowest BCUT2D eigenvalue weighted by molar-refractivity contribution is -0.870. The molecule has 0 heterocycles. The highest BCUT2D eigenvalue weighted by molar-refractivity contribution is 5.70. The number of allylic oxidation sites excluding steroid dienone is 10. The van der Waals surface area contributed by atoms with E-state index in [-0.39, 0.29) is 32.2 Å². The van der Waals surface area contributed by atoms with Crippen molar-refractivity contribution in [3.63, 3.8) is 0 Å². The van der Waals surface area contributed by atoms with E-state index in [2.05, 4.69) is 74.6 Å². The largest absolute Gasteiger partial charge is 0.545 e. The highest BCUT2D eigenvalue weighted by Crippen LogP contribution is 2.17. The maximum atomic E-state index is 12.9. The number of aliphatic carboxylic acids is 1. The van der Waals surface area contributed by atoms with Crippen molar-refractivity contribution in [2.45, 2.75) is 296 Å². The van der Waals surface area contributed by atoms with Crippen LogP contribution in [0.4, 0.5) is 0 Å². The topological polar surface area (TPSA) is 111 Å². The second kappa shape index (κ2) is 57.2. The van der Waals surface area contributed by atoms with Crippen molar-refractivity contribution in [1.82, 2.24) is 0 Å². The van der Waals surface area contributed by atoms with Gasteiger partial charge in [0.2, 0.25) is 0 Å². The summed E-state index contributed by atoms with van der Waals surface area (Å²) in [6.45, 7) is 4.67. The average molecular weight is 1050 g/mol. The number of ether oxygens (including phenoxy) is 4. The second-order valence-electron chi connectivity index (χ2n) is 22.3. The number of carbonyl (C=O) groups is 3. The van der Waals surface area contributed by atoms with E-state index in [0.29, 0.717) is 23.9 Å². The van der Waals surface area contributed by atoms with Crippen LogP contribution in [0.1, 0.15) is 284 Å². The van der Waals surface area contributed by atoms with Gasteiger partial charge in [0.1, 0.15) is 13.2 Å². The van der Waals surface area contributed by atoms with Crippen LogP contribution in [0.15, 0.2) is 60.8 Å². The van der Waals surface area contributed by atoms with E-state index in [1.54, 1.807) is 0 Å². The van der Waals surface area contributed by atoms with Gasteiger partial charge in [0.15, 0.2) is 12.4 Å². The molecule has 0 N–H and O–H groups in total. The van der Waals surface area contributed by atoms with Crippen molar-refractivity contribution in [2.75, 3.05) is 47.5 Å². The summed E-state index contributed by atoms with van der Waals surface area (Å²) in [5.41, 5.74) is 0. The lowest BCUT2D eigenvalue weighted by Gasteiger charge is -2.26. The van der Waals surface area contributed by atoms with Gasteiger partial charge in [-0.05, 0) is 57.8 Å². The van der Waals surface area contributed by atoms with Gasteiger partial charge in [-0.15, -0.1) is 0 Å². The van der Waals surface area contributed by atoms with E-state index >= 15 is 0 Å². The Morgan fingerprint density at radius 1 is 0.413 bits per heavy atom. The predicted octanol–water partition coefficient (Wildman–Crippen LogP) is 17.5. The molecule has 0 spiro atoms. The fourth-order valence-corrected chi connectivity index (χ4v) is 8.98. The molecule has 0 aliphatic carbocycles. The van der Waals surface area contributed by atoms with Crippen LogP contribution in [0.25, 0.3) is 0 Å². The third-order valence-corrected chi connectivity index (χ3v) is 13.8. The number of esters is 2. The fraction of sp³-hybridized carbons (Fsp3) is 0.803. The van der Waals surface area contributed by atoms with Crippen molar-refractivity contribution in [2.24, 2.45) is 0 Å². The van der Waals surface area contributed by atoms with Crippen LogP contribution in [-0.4, -0.2) is 82.3 Å².